The molecule has 152 valence electrons. The number of anilines is 1. The second-order valence-corrected chi connectivity index (χ2v) is 6.97. The van der Waals surface area contributed by atoms with Crippen LogP contribution in [0.2, 0.25) is 0 Å². The second-order valence-electron chi connectivity index (χ2n) is 6.97. The van der Waals surface area contributed by atoms with Crippen LogP contribution in [0.25, 0.3) is 11.0 Å². The Morgan fingerprint density at radius 2 is 1.72 bits per heavy atom. The molecule has 29 heavy (non-hydrogen) atoms. The van der Waals surface area contributed by atoms with E-state index in [1.807, 2.05) is 11.0 Å². The first kappa shape index (κ1) is 19.2. The molecule has 0 saturated carbocycles. The van der Waals surface area contributed by atoms with Gasteiger partial charge in [-0.25, -0.2) is 0 Å². The topological polar surface area (TPSA) is 68.7 Å². The van der Waals surface area contributed by atoms with E-state index >= 15 is 0 Å². The fourth-order valence-electron chi connectivity index (χ4n) is 3.56. The fraction of sp³-hybridized carbons (Fsp3) is 0.286. The first-order chi connectivity index (χ1) is 13.8. The van der Waals surface area contributed by atoms with E-state index in [0.717, 1.165) is 17.8 Å². The molecule has 1 aromatic heterocycles. The number of halogens is 3. The van der Waals surface area contributed by atoms with E-state index in [1.54, 1.807) is 18.2 Å². The van der Waals surface area contributed by atoms with Crippen LogP contribution in [0.3, 0.4) is 0 Å². The van der Waals surface area contributed by atoms with Crippen LogP contribution in [0.5, 0.6) is 5.75 Å². The van der Waals surface area contributed by atoms with Gasteiger partial charge in [0.05, 0.1) is 10.9 Å². The molecule has 2 heterocycles. The van der Waals surface area contributed by atoms with Crippen molar-refractivity contribution in [3.63, 3.8) is 0 Å². The molecular formula is C21H19F3N2O3. The Bertz CT molecular complexity index is 1020. The van der Waals surface area contributed by atoms with Crippen molar-refractivity contribution in [2.45, 2.75) is 25.1 Å². The third-order valence-corrected chi connectivity index (χ3v) is 5.06. The molecule has 1 aliphatic heterocycles. The van der Waals surface area contributed by atoms with Crippen LogP contribution in [-0.2, 0) is 6.18 Å². The molecule has 1 amide bonds. The summed E-state index contributed by atoms with van der Waals surface area (Å²) in [4.78, 5) is 13.7. The number of nitrogens with zero attached hydrogens (tertiary/aromatic N) is 1. The molecule has 0 atom stereocenters. The van der Waals surface area contributed by atoms with Crippen molar-refractivity contribution in [2.75, 3.05) is 18.0 Å². The maximum atomic E-state index is 12.7. The van der Waals surface area contributed by atoms with E-state index in [2.05, 4.69) is 0 Å². The molecule has 5 nitrogen and oxygen atoms in total. The first-order valence-corrected chi connectivity index (χ1v) is 9.23. The van der Waals surface area contributed by atoms with E-state index < -0.39 is 17.6 Å². The lowest BCUT2D eigenvalue weighted by Gasteiger charge is -2.33. The predicted molar refractivity (Wildman–Crippen MR) is 102 cm³/mol. The molecule has 3 aromatic rings. The number of carbonyl (C=O) groups is 1. The number of carbonyl (C=O) groups excluding carboxylic acids is 1. The van der Waals surface area contributed by atoms with Gasteiger partial charge in [-0.15, -0.1) is 0 Å². The van der Waals surface area contributed by atoms with Gasteiger partial charge in [0.2, 0.25) is 5.76 Å². The lowest BCUT2D eigenvalue weighted by Crippen LogP contribution is -2.38. The van der Waals surface area contributed by atoms with Crippen molar-refractivity contribution in [2.24, 2.45) is 5.73 Å². The molecule has 0 bridgehead atoms. The number of para-hydroxylation sites is 1. The molecule has 1 fully saturated rings. The minimum Gasteiger partial charge on any atom is -0.485 e. The van der Waals surface area contributed by atoms with E-state index in [-0.39, 0.29) is 11.9 Å². The van der Waals surface area contributed by atoms with Gasteiger partial charge in [-0.2, -0.15) is 13.2 Å². The van der Waals surface area contributed by atoms with Gasteiger partial charge in [0.25, 0.3) is 5.91 Å². The number of ether oxygens (including phenoxy) is 1. The Kier molecular flexibility index (Phi) is 4.86. The van der Waals surface area contributed by atoms with Crippen LogP contribution in [0.4, 0.5) is 18.9 Å². The highest BCUT2D eigenvalue weighted by Crippen LogP contribution is 2.35. The molecule has 0 spiro atoms. The largest absolute Gasteiger partial charge is 0.485 e. The molecule has 4 rings (SSSR count). The number of furan rings is 1. The van der Waals surface area contributed by atoms with Gasteiger partial charge < -0.3 is 19.8 Å². The van der Waals surface area contributed by atoms with Gasteiger partial charge >= 0.3 is 6.18 Å². The van der Waals surface area contributed by atoms with Crippen molar-refractivity contribution < 1.29 is 27.1 Å². The average Bonchev–Trinajstić information content (AvgIpc) is 3.07. The molecule has 2 aromatic carbocycles. The first-order valence-electron chi connectivity index (χ1n) is 9.23. The summed E-state index contributed by atoms with van der Waals surface area (Å²) in [6.07, 6.45) is -3.19. The Labute approximate surface area is 164 Å². The van der Waals surface area contributed by atoms with Crippen molar-refractivity contribution in [3.8, 4) is 5.75 Å². The number of primary amides is 1. The lowest BCUT2D eigenvalue weighted by molar-refractivity contribution is -0.137. The minimum absolute atomic E-state index is 0.00336. The molecule has 1 aliphatic rings. The maximum Gasteiger partial charge on any atom is 0.416 e. The van der Waals surface area contributed by atoms with Crippen molar-refractivity contribution in [1.29, 1.82) is 0 Å². The summed E-state index contributed by atoms with van der Waals surface area (Å²) < 4.78 is 49.8. The number of piperidine rings is 1. The zero-order valence-corrected chi connectivity index (χ0v) is 15.4. The normalized spacial score (nSPS) is 15.6. The zero-order valence-electron chi connectivity index (χ0n) is 15.4. The van der Waals surface area contributed by atoms with Crippen LogP contribution < -0.4 is 15.4 Å². The number of rotatable bonds is 4. The van der Waals surface area contributed by atoms with Crippen molar-refractivity contribution >= 4 is 22.6 Å². The highest BCUT2D eigenvalue weighted by atomic mass is 19.4. The number of amides is 1. The van der Waals surface area contributed by atoms with Crippen molar-refractivity contribution in [1.82, 2.24) is 0 Å². The van der Waals surface area contributed by atoms with E-state index in [4.69, 9.17) is 14.9 Å². The van der Waals surface area contributed by atoms with Crippen LogP contribution in [-0.4, -0.2) is 25.1 Å². The van der Waals surface area contributed by atoms with Crippen LogP contribution >= 0.6 is 0 Å². The number of fused-ring (bicyclic) bond motifs is 1. The fourth-order valence-corrected chi connectivity index (χ4v) is 3.56. The van der Waals surface area contributed by atoms with Gasteiger partial charge in [-0.3, -0.25) is 4.79 Å². The van der Waals surface area contributed by atoms with E-state index in [9.17, 15) is 18.0 Å². The third kappa shape index (κ3) is 3.87. The maximum absolute atomic E-state index is 12.7. The van der Waals surface area contributed by atoms with Crippen LogP contribution in [0.15, 0.2) is 52.9 Å². The summed E-state index contributed by atoms with van der Waals surface area (Å²) in [5.74, 6) is -0.351. The summed E-state index contributed by atoms with van der Waals surface area (Å²) in [6.45, 7) is 1.25. The van der Waals surface area contributed by atoms with E-state index in [1.165, 1.54) is 12.1 Å². The molecule has 0 unspecified atom stereocenters. The zero-order chi connectivity index (χ0) is 20.6. The summed E-state index contributed by atoms with van der Waals surface area (Å²) in [5, 5.41) is 0.687. The molecule has 8 heteroatoms. The molecule has 0 radical (unpaired) electrons. The standard InChI is InChI=1S/C21H19F3N2O3/c22-21(23,24)13-5-7-14(8-6-13)26-11-9-15(10-12-26)28-18-16-3-1-2-4-17(16)29-19(18)20(25)27/h1-8,15H,9-12H2,(H2,25,27). The predicted octanol–water partition coefficient (Wildman–Crippen LogP) is 4.60. The third-order valence-electron chi connectivity index (χ3n) is 5.06. The second kappa shape index (κ2) is 7.35. The Balaban J connectivity index is 1.45. The van der Waals surface area contributed by atoms with Crippen LogP contribution in [0, 0.1) is 0 Å². The van der Waals surface area contributed by atoms with Crippen LogP contribution in [0.1, 0.15) is 29.0 Å². The van der Waals surface area contributed by atoms with Gasteiger partial charge in [0.1, 0.15) is 11.7 Å². The quantitative estimate of drug-likeness (QED) is 0.690. The summed E-state index contributed by atoms with van der Waals surface area (Å²) >= 11 is 0. The Morgan fingerprint density at radius 1 is 1.07 bits per heavy atom. The number of nitrogens with two attached hydrogens (primary N) is 1. The monoisotopic (exact) mass is 404 g/mol. The Hall–Kier alpha value is -3.16. The molecule has 2 N–H and O–H groups in total. The van der Waals surface area contributed by atoms with Gasteiger partial charge in [-0.05, 0) is 36.4 Å². The van der Waals surface area contributed by atoms with Gasteiger partial charge in [0.15, 0.2) is 5.75 Å². The van der Waals surface area contributed by atoms with Crippen molar-refractivity contribution in [3.05, 3.63) is 59.9 Å². The highest BCUT2D eigenvalue weighted by molar-refractivity contribution is 6.00. The molecular weight excluding hydrogens is 385 g/mol. The Morgan fingerprint density at radius 3 is 2.34 bits per heavy atom. The van der Waals surface area contributed by atoms with Gasteiger partial charge in [0, 0.05) is 31.6 Å². The number of benzene rings is 2. The number of alkyl halides is 3. The minimum atomic E-state index is -4.34. The average molecular weight is 404 g/mol. The lowest BCUT2D eigenvalue weighted by atomic mass is 10.1. The highest BCUT2D eigenvalue weighted by Gasteiger charge is 2.31. The summed E-state index contributed by atoms with van der Waals surface area (Å²) in [7, 11) is 0. The number of hydrogen-bond acceptors (Lipinski definition) is 4. The van der Waals surface area contributed by atoms with Gasteiger partial charge in [-0.1, -0.05) is 12.1 Å². The molecule has 0 aliphatic carbocycles. The number of hydrogen-bond donors (Lipinski definition) is 1. The summed E-state index contributed by atoms with van der Waals surface area (Å²) in [5.41, 5.74) is 6.03. The smallest absolute Gasteiger partial charge is 0.416 e. The summed E-state index contributed by atoms with van der Waals surface area (Å²) in [6, 6.07) is 12.3. The SMILES string of the molecule is NC(=O)c1oc2ccccc2c1OC1CCN(c2ccc(C(F)(F)F)cc2)CC1. The molecule has 1 saturated heterocycles. The van der Waals surface area contributed by atoms with E-state index in [0.29, 0.717) is 42.6 Å².